The third-order valence-corrected chi connectivity index (χ3v) is 3.91. The number of aromatic nitrogens is 2. The Morgan fingerprint density at radius 1 is 1.13 bits per heavy atom. The molecule has 1 heterocycles. The third kappa shape index (κ3) is 3.54. The van der Waals surface area contributed by atoms with Crippen LogP contribution in [0, 0.1) is 6.92 Å². The SMILES string of the molecule is CCc1nc2ccccc2n1CC(O)COc1ccc(C)cc1. The van der Waals surface area contributed by atoms with E-state index in [1.54, 1.807) is 0 Å². The van der Waals surface area contributed by atoms with Crippen LogP contribution < -0.4 is 4.74 Å². The van der Waals surface area contributed by atoms with Crippen molar-refractivity contribution in [1.82, 2.24) is 9.55 Å². The maximum atomic E-state index is 10.3. The van der Waals surface area contributed by atoms with E-state index in [0.29, 0.717) is 6.54 Å². The predicted molar refractivity (Wildman–Crippen MR) is 91.8 cm³/mol. The van der Waals surface area contributed by atoms with Crippen molar-refractivity contribution in [2.24, 2.45) is 0 Å². The van der Waals surface area contributed by atoms with E-state index in [1.807, 2.05) is 55.5 Å². The molecule has 0 aliphatic carbocycles. The van der Waals surface area contributed by atoms with Crippen molar-refractivity contribution in [2.45, 2.75) is 32.9 Å². The van der Waals surface area contributed by atoms with E-state index in [9.17, 15) is 5.11 Å². The van der Waals surface area contributed by atoms with Crippen LogP contribution in [0.2, 0.25) is 0 Å². The van der Waals surface area contributed by atoms with Crippen molar-refractivity contribution in [3.05, 3.63) is 59.9 Å². The summed E-state index contributed by atoms with van der Waals surface area (Å²) in [5.41, 5.74) is 3.21. The average molecular weight is 310 g/mol. The summed E-state index contributed by atoms with van der Waals surface area (Å²) in [6, 6.07) is 15.9. The van der Waals surface area contributed by atoms with Gasteiger partial charge in [0, 0.05) is 6.42 Å². The highest BCUT2D eigenvalue weighted by Gasteiger charge is 2.13. The van der Waals surface area contributed by atoms with Crippen molar-refractivity contribution in [3.63, 3.8) is 0 Å². The van der Waals surface area contributed by atoms with Gasteiger partial charge in [-0.15, -0.1) is 0 Å². The van der Waals surface area contributed by atoms with Crippen LogP contribution in [0.4, 0.5) is 0 Å². The molecule has 0 aliphatic heterocycles. The van der Waals surface area contributed by atoms with Gasteiger partial charge in [0.05, 0.1) is 17.6 Å². The standard InChI is InChI=1S/C19H22N2O2/c1-3-19-20-17-6-4-5-7-18(17)21(19)12-15(22)13-23-16-10-8-14(2)9-11-16/h4-11,15,22H,3,12-13H2,1-2H3. The molecule has 1 N–H and O–H groups in total. The van der Waals surface area contributed by atoms with E-state index < -0.39 is 6.10 Å². The average Bonchev–Trinajstić information content (AvgIpc) is 2.92. The van der Waals surface area contributed by atoms with Crippen LogP contribution in [0.25, 0.3) is 11.0 Å². The highest BCUT2D eigenvalue weighted by Crippen LogP contribution is 2.17. The van der Waals surface area contributed by atoms with Crippen molar-refractivity contribution in [2.75, 3.05) is 6.61 Å². The summed E-state index contributed by atoms with van der Waals surface area (Å²) in [7, 11) is 0. The van der Waals surface area contributed by atoms with Gasteiger partial charge >= 0.3 is 0 Å². The van der Waals surface area contributed by atoms with Crippen LogP contribution in [0.1, 0.15) is 18.3 Å². The number of para-hydroxylation sites is 2. The zero-order valence-corrected chi connectivity index (χ0v) is 13.6. The molecule has 4 nitrogen and oxygen atoms in total. The number of aliphatic hydroxyl groups is 1. The molecule has 2 aromatic carbocycles. The van der Waals surface area contributed by atoms with E-state index in [0.717, 1.165) is 29.0 Å². The van der Waals surface area contributed by atoms with Gasteiger partial charge in [0.15, 0.2) is 0 Å². The molecule has 0 saturated heterocycles. The molecule has 0 radical (unpaired) electrons. The van der Waals surface area contributed by atoms with E-state index in [-0.39, 0.29) is 6.61 Å². The predicted octanol–water partition coefficient (Wildman–Crippen LogP) is 3.35. The molecular weight excluding hydrogens is 288 g/mol. The number of aliphatic hydroxyl groups excluding tert-OH is 1. The number of benzene rings is 2. The molecule has 0 bridgehead atoms. The van der Waals surface area contributed by atoms with Gasteiger partial charge in [0.2, 0.25) is 0 Å². The summed E-state index contributed by atoms with van der Waals surface area (Å²) in [5, 5.41) is 10.3. The quantitative estimate of drug-likeness (QED) is 0.759. The summed E-state index contributed by atoms with van der Waals surface area (Å²) in [4.78, 5) is 4.62. The van der Waals surface area contributed by atoms with Crippen LogP contribution in [-0.4, -0.2) is 27.4 Å². The molecule has 1 aromatic heterocycles. The van der Waals surface area contributed by atoms with Crippen molar-refractivity contribution < 1.29 is 9.84 Å². The number of rotatable bonds is 6. The monoisotopic (exact) mass is 310 g/mol. The van der Waals surface area contributed by atoms with Gasteiger partial charge < -0.3 is 14.4 Å². The number of nitrogens with zero attached hydrogens (tertiary/aromatic N) is 2. The molecule has 3 aromatic rings. The fourth-order valence-electron chi connectivity index (χ4n) is 2.69. The van der Waals surface area contributed by atoms with Crippen LogP contribution in [0.3, 0.4) is 0 Å². The Balaban J connectivity index is 1.70. The first-order chi connectivity index (χ1) is 11.2. The van der Waals surface area contributed by atoms with Crippen molar-refractivity contribution >= 4 is 11.0 Å². The minimum absolute atomic E-state index is 0.263. The van der Waals surface area contributed by atoms with Gasteiger partial charge in [-0.3, -0.25) is 0 Å². The largest absolute Gasteiger partial charge is 0.491 e. The van der Waals surface area contributed by atoms with E-state index in [4.69, 9.17) is 4.74 Å². The lowest BCUT2D eigenvalue weighted by atomic mass is 10.2. The summed E-state index contributed by atoms with van der Waals surface area (Å²) in [6.45, 7) is 4.86. The summed E-state index contributed by atoms with van der Waals surface area (Å²) in [6.07, 6.45) is 0.249. The van der Waals surface area contributed by atoms with Gasteiger partial charge in [0.25, 0.3) is 0 Å². The molecule has 1 atom stereocenters. The normalized spacial score (nSPS) is 12.5. The Morgan fingerprint density at radius 3 is 2.61 bits per heavy atom. The maximum absolute atomic E-state index is 10.3. The molecule has 0 saturated carbocycles. The zero-order valence-electron chi connectivity index (χ0n) is 13.6. The highest BCUT2D eigenvalue weighted by atomic mass is 16.5. The van der Waals surface area contributed by atoms with Gasteiger partial charge in [-0.2, -0.15) is 0 Å². The lowest BCUT2D eigenvalue weighted by Gasteiger charge is -2.15. The van der Waals surface area contributed by atoms with E-state index in [2.05, 4.69) is 16.5 Å². The molecule has 120 valence electrons. The maximum Gasteiger partial charge on any atom is 0.119 e. The molecule has 23 heavy (non-hydrogen) atoms. The molecule has 4 heteroatoms. The fourth-order valence-corrected chi connectivity index (χ4v) is 2.69. The summed E-state index contributed by atoms with van der Waals surface area (Å²) >= 11 is 0. The number of ether oxygens (including phenoxy) is 1. The molecule has 1 unspecified atom stereocenters. The van der Waals surface area contributed by atoms with Crippen molar-refractivity contribution in [1.29, 1.82) is 0 Å². The lowest BCUT2D eigenvalue weighted by molar-refractivity contribution is 0.0927. The molecule has 3 rings (SSSR count). The number of imidazole rings is 1. The smallest absolute Gasteiger partial charge is 0.119 e. The molecule has 0 aliphatic rings. The first kappa shape index (κ1) is 15.6. The second-order valence-corrected chi connectivity index (χ2v) is 5.76. The number of fused-ring (bicyclic) bond motifs is 1. The minimum atomic E-state index is -0.584. The number of hydrogen-bond donors (Lipinski definition) is 1. The topological polar surface area (TPSA) is 47.3 Å². The van der Waals surface area contributed by atoms with Crippen LogP contribution in [-0.2, 0) is 13.0 Å². The minimum Gasteiger partial charge on any atom is -0.491 e. The Bertz CT molecular complexity index is 778. The van der Waals surface area contributed by atoms with Gasteiger partial charge in [-0.05, 0) is 31.2 Å². The summed E-state index contributed by atoms with van der Waals surface area (Å²) in [5.74, 6) is 1.77. The Kier molecular flexibility index (Phi) is 4.63. The van der Waals surface area contributed by atoms with Gasteiger partial charge in [0.1, 0.15) is 24.3 Å². The number of hydrogen-bond acceptors (Lipinski definition) is 3. The van der Waals surface area contributed by atoms with Crippen molar-refractivity contribution in [3.8, 4) is 5.75 Å². The molecule has 0 spiro atoms. The second kappa shape index (κ2) is 6.84. The molecule has 0 amide bonds. The lowest BCUT2D eigenvalue weighted by Crippen LogP contribution is -2.24. The van der Waals surface area contributed by atoms with E-state index >= 15 is 0 Å². The van der Waals surface area contributed by atoms with E-state index in [1.165, 1.54) is 5.56 Å². The number of aryl methyl sites for hydroxylation is 2. The molecule has 0 fully saturated rings. The zero-order chi connectivity index (χ0) is 16.2. The fraction of sp³-hybridized carbons (Fsp3) is 0.316. The first-order valence-corrected chi connectivity index (χ1v) is 7.99. The van der Waals surface area contributed by atoms with Gasteiger partial charge in [-0.1, -0.05) is 36.8 Å². The first-order valence-electron chi connectivity index (χ1n) is 7.99. The van der Waals surface area contributed by atoms with Crippen LogP contribution >= 0.6 is 0 Å². The van der Waals surface area contributed by atoms with Crippen LogP contribution in [0.5, 0.6) is 5.75 Å². The van der Waals surface area contributed by atoms with Gasteiger partial charge in [-0.25, -0.2) is 4.98 Å². The Morgan fingerprint density at radius 2 is 1.87 bits per heavy atom. The molecular formula is C19H22N2O2. The Labute approximate surface area is 136 Å². The summed E-state index contributed by atoms with van der Waals surface area (Å²) < 4.78 is 7.76. The highest BCUT2D eigenvalue weighted by molar-refractivity contribution is 5.75. The van der Waals surface area contributed by atoms with Crippen LogP contribution in [0.15, 0.2) is 48.5 Å². The Hall–Kier alpha value is -2.33. The third-order valence-electron chi connectivity index (χ3n) is 3.91. The second-order valence-electron chi connectivity index (χ2n) is 5.76.